The molecule has 1 aliphatic rings. The third kappa shape index (κ3) is 4.66. The van der Waals surface area contributed by atoms with Crippen LogP contribution in [0.2, 0.25) is 0 Å². The number of hydrogen-bond donors (Lipinski definition) is 1. The predicted octanol–water partition coefficient (Wildman–Crippen LogP) is 1.19. The van der Waals surface area contributed by atoms with E-state index in [9.17, 15) is 0 Å². The van der Waals surface area contributed by atoms with Gasteiger partial charge in [0.1, 0.15) is 31.5 Å². The maximum atomic E-state index is 5.80. The zero-order chi connectivity index (χ0) is 15.8. The summed E-state index contributed by atoms with van der Waals surface area (Å²) in [6.45, 7) is 1.24. The molecule has 1 aromatic carbocycles. The molecule has 6 heteroatoms. The van der Waals surface area contributed by atoms with Crippen LogP contribution in [0.15, 0.2) is 24.3 Å². The van der Waals surface area contributed by atoms with E-state index in [1.54, 1.807) is 21.3 Å². The van der Waals surface area contributed by atoms with Crippen molar-refractivity contribution in [2.24, 2.45) is 0 Å². The van der Waals surface area contributed by atoms with E-state index >= 15 is 0 Å². The number of methoxy groups -OCH3 is 3. The van der Waals surface area contributed by atoms with Gasteiger partial charge in [-0.3, -0.25) is 0 Å². The van der Waals surface area contributed by atoms with Gasteiger partial charge >= 0.3 is 0 Å². The van der Waals surface area contributed by atoms with Gasteiger partial charge in [0.2, 0.25) is 0 Å². The van der Waals surface area contributed by atoms with Crippen LogP contribution in [0.25, 0.3) is 0 Å². The monoisotopic (exact) mass is 311 g/mol. The molecule has 2 rings (SSSR count). The minimum Gasteiger partial charge on any atom is -0.497 e. The molecule has 22 heavy (non-hydrogen) atoms. The maximum absolute atomic E-state index is 5.80. The number of rotatable bonds is 9. The Morgan fingerprint density at radius 3 is 2.32 bits per heavy atom. The molecule has 1 N–H and O–H groups in total. The van der Waals surface area contributed by atoms with Gasteiger partial charge in [-0.1, -0.05) is 12.1 Å². The fourth-order valence-corrected chi connectivity index (χ4v) is 2.64. The van der Waals surface area contributed by atoms with Gasteiger partial charge in [-0.05, 0) is 24.1 Å². The lowest BCUT2D eigenvalue weighted by Crippen LogP contribution is -2.39. The van der Waals surface area contributed by atoms with Crippen molar-refractivity contribution < 1.29 is 23.7 Å². The predicted molar refractivity (Wildman–Crippen MR) is 82.0 cm³/mol. The van der Waals surface area contributed by atoms with E-state index in [0.29, 0.717) is 0 Å². The second-order valence-corrected chi connectivity index (χ2v) is 5.22. The first-order valence-electron chi connectivity index (χ1n) is 7.36. The van der Waals surface area contributed by atoms with Gasteiger partial charge in [0.05, 0.1) is 7.11 Å². The zero-order valence-corrected chi connectivity index (χ0v) is 13.4. The topological polar surface area (TPSA) is 58.2 Å². The molecule has 1 fully saturated rings. The molecule has 0 radical (unpaired) electrons. The van der Waals surface area contributed by atoms with Crippen molar-refractivity contribution in [3.63, 3.8) is 0 Å². The Labute approximate surface area is 131 Å². The van der Waals surface area contributed by atoms with Crippen LogP contribution in [0, 0.1) is 0 Å². The highest BCUT2D eigenvalue weighted by Crippen LogP contribution is 2.21. The Kier molecular flexibility index (Phi) is 7.08. The molecular weight excluding hydrogens is 286 g/mol. The van der Waals surface area contributed by atoms with Crippen molar-refractivity contribution >= 4 is 0 Å². The Balaban J connectivity index is 1.97. The van der Waals surface area contributed by atoms with Crippen LogP contribution in [0.1, 0.15) is 5.56 Å². The van der Waals surface area contributed by atoms with Crippen molar-refractivity contribution in [3.8, 4) is 5.75 Å². The van der Waals surface area contributed by atoms with E-state index in [1.807, 2.05) is 12.1 Å². The van der Waals surface area contributed by atoms with Crippen molar-refractivity contribution in [1.29, 1.82) is 0 Å². The lowest BCUT2D eigenvalue weighted by atomic mass is 10.0. The van der Waals surface area contributed by atoms with E-state index in [1.165, 1.54) is 5.56 Å². The normalized spacial score (nSPS) is 24.6. The first-order chi connectivity index (χ1) is 10.8. The largest absolute Gasteiger partial charge is 0.497 e. The molecule has 0 bridgehead atoms. The summed E-state index contributed by atoms with van der Waals surface area (Å²) < 4.78 is 26.7. The third-order valence-electron chi connectivity index (χ3n) is 3.74. The van der Waals surface area contributed by atoms with Gasteiger partial charge < -0.3 is 29.0 Å². The van der Waals surface area contributed by atoms with Gasteiger partial charge in [-0.25, -0.2) is 0 Å². The molecule has 0 aromatic heterocycles. The molecule has 0 saturated carbocycles. The quantitative estimate of drug-likeness (QED) is 0.691. The Morgan fingerprint density at radius 2 is 1.68 bits per heavy atom. The van der Waals surface area contributed by atoms with Crippen LogP contribution in [0.5, 0.6) is 5.75 Å². The van der Waals surface area contributed by atoms with Crippen LogP contribution < -0.4 is 10.1 Å². The fourth-order valence-electron chi connectivity index (χ4n) is 2.64. The standard InChI is InChI=1S/C16H25NO5/c1-18-10-21-15-9-17-14(16(15)22-11-19-2)8-12-4-6-13(20-3)7-5-12/h4-7,14-17H,8-11H2,1-3H3/t14-,15-,16-/m0/s1. The smallest absolute Gasteiger partial charge is 0.146 e. The van der Waals surface area contributed by atoms with Gasteiger partial charge in [-0.15, -0.1) is 0 Å². The SMILES string of the molecule is COCO[C@H]1[C@H](Cc2ccc(OC)cc2)NC[C@@H]1OCOC. The first-order valence-corrected chi connectivity index (χ1v) is 7.36. The van der Waals surface area contributed by atoms with E-state index in [2.05, 4.69) is 17.4 Å². The molecule has 1 heterocycles. The zero-order valence-electron chi connectivity index (χ0n) is 13.4. The summed E-state index contributed by atoms with van der Waals surface area (Å²) >= 11 is 0. The van der Waals surface area contributed by atoms with E-state index in [-0.39, 0.29) is 31.8 Å². The molecule has 0 amide bonds. The second kappa shape index (κ2) is 9.07. The van der Waals surface area contributed by atoms with Gasteiger partial charge in [0, 0.05) is 26.8 Å². The fraction of sp³-hybridized carbons (Fsp3) is 0.625. The average Bonchev–Trinajstić information content (AvgIpc) is 2.93. The number of ether oxygens (including phenoxy) is 5. The number of benzene rings is 1. The highest BCUT2D eigenvalue weighted by molar-refractivity contribution is 5.28. The third-order valence-corrected chi connectivity index (χ3v) is 3.74. The molecule has 1 saturated heterocycles. The summed E-state index contributed by atoms with van der Waals surface area (Å²) in [7, 11) is 4.90. The van der Waals surface area contributed by atoms with Gasteiger partial charge in [0.25, 0.3) is 0 Å². The van der Waals surface area contributed by atoms with E-state index in [4.69, 9.17) is 23.7 Å². The van der Waals surface area contributed by atoms with Crippen LogP contribution in [0.3, 0.4) is 0 Å². The van der Waals surface area contributed by atoms with Gasteiger partial charge in [0.15, 0.2) is 0 Å². The number of hydrogen-bond acceptors (Lipinski definition) is 6. The average molecular weight is 311 g/mol. The van der Waals surface area contributed by atoms with Crippen LogP contribution >= 0.6 is 0 Å². The summed E-state index contributed by atoms with van der Waals surface area (Å²) in [5, 5.41) is 3.46. The lowest BCUT2D eigenvalue weighted by Gasteiger charge is -2.24. The molecule has 6 nitrogen and oxygen atoms in total. The minimum atomic E-state index is -0.0720. The minimum absolute atomic E-state index is 0.0432. The Hall–Kier alpha value is -1.18. The maximum Gasteiger partial charge on any atom is 0.146 e. The molecule has 3 atom stereocenters. The second-order valence-electron chi connectivity index (χ2n) is 5.22. The summed E-state index contributed by atoms with van der Waals surface area (Å²) in [6, 6.07) is 8.24. The van der Waals surface area contributed by atoms with Crippen LogP contribution in [-0.2, 0) is 25.4 Å². The summed E-state index contributed by atoms with van der Waals surface area (Å²) in [5.74, 6) is 0.858. The van der Waals surface area contributed by atoms with Crippen LogP contribution in [0.4, 0.5) is 0 Å². The summed E-state index contributed by atoms with van der Waals surface area (Å²) in [4.78, 5) is 0. The van der Waals surface area contributed by atoms with E-state index < -0.39 is 0 Å². The molecule has 0 unspecified atom stereocenters. The molecule has 1 aliphatic heterocycles. The van der Waals surface area contributed by atoms with E-state index in [0.717, 1.165) is 18.7 Å². The number of nitrogens with one attached hydrogen (secondary N) is 1. The van der Waals surface area contributed by atoms with Crippen molar-refractivity contribution in [1.82, 2.24) is 5.32 Å². The molecule has 124 valence electrons. The van der Waals surface area contributed by atoms with Gasteiger partial charge in [-0.2, -0.15) is 0 Å². The summed E-state index contributed by atoms with van der Waals surface area (Å²) in [5.41, 5.74) is 1.22. The highest BCUT2D eigenvalue weighted by atomic mass is 16.7. The Bertz CT molecular complexity index is 425. The van der Waals surface area contributed by atoms with Crippen molar-refractivity contribution in [2.75, 3.05) is 41.5 Å². The molecular formula is C16H25NO5. The van der Waals surface area contributed by atoms with Crippen molar-refractivity contribution in [3.05, 3.63) is 29.8 Å². The van der Waals surface area contributed by atoms with Crippen LogP contribution in [-0.4, -0.2) is 59.7 Å². The highest BCUT2D eigenvalue weighted by Gasteiger charge is 2.37. The molecule has 0 aliphatic carbocycles. The Morgan fingerprint density at radius 1 is 1.00 bits per heavy atom. The molecule has 1 aromatic rings. The first kappa shape index (κ1) is 17.2. The van der Waals surface area contributed by atoms with Crippen molar-refractivity contribution in [2.45, 2.75) is 24.7 Å². The molecule has 0 spiro atoms. The summed E-state index contributed by atoms with van der Waals surface area (Å²) in [6.07, 6.45) is 0.737. The lowest BCUT2D eigenvalue weighted by molar-refractivity contribution is -0.146.